The molecule has 10 heteroatoms. The van der Waals surface area contributed by atoms with E-state index >= 15 is 0 Å². The van der Waals surface area contributed by atoms with Crippen LogP contribution in [0.4, 0.5) is 26.3 Å². The van der Waals surface area contributed by atoms with Crippen molar-refractivity contribution in [3.8, 4) is 0 Å². The molecule has 0 saturated carbocycles. The van der Waals surface area contributed by atoms with Gasteiger partial charge in [-0.2, -0.15) is 26.3 Å². The van der Waals surface area contributed by atoms with Gasteiger partial charge >= 0.3 is 12.4 Å². The van der Waals surface area contributed by atoms with Gasteiger partial charge in [0.2, 0.25) is 0 Å². The third-order valence-electron chi connectivity index (χ3n) is 2.61. The highest BCUT2D eigenvalue weighted by molar-refractivity contribution is 5.94. The smallest absolute Gasteiger partial charge is 0.351 e. The number of hydrogen-bond acceptors (Lipinski definition) is 3. The van der Waals surface area contributed by atoms with Crippen LogP contribution in [0.1, 0.15) is 34.8 Å². The maximum Gasteiger partial charge on any atom is 0.417 e. The molecule has 1 rings (SSSR count). The van der Waals surface area contributed by atoms with Crippen LogP contribution in [0.5, 0.6) is 0 Å². The van der Waals surface area contributed by atoms with Crippen LogP contribution in [0.25, 0.3) is 0 Å². The monoisotopic (exact) mass is 359 g/mol. The van der Waals surface area contributed by atoms with E-state index in [2.05, 4.69) is 12.2 Å². The first-order valence-electron chi connectivity index (χ1n) is 6.95. The summed E-state index contributed by atoms with van der Waals surface area (Å²) in [4.78, 5) is 11.4. The van der Waals surface area contributed by atoms with Crippen molar-refractivity contribution in [2.75, 3.05) is 19.6 Å². The summed E-state index contributed by atoms with van der Waals surface area (Å²) in [6, 6.07) is 1.10. The molecule has 0 bridgehead atoms. The number of benzene rings is 1. The average molecular weight is 359 g/mol. The van der Waals surface area contributed by atoms with Crippen LogP contribution in [0.2, 0.25) is 0 Å². The fraction of sp³-hybridized carbons (Fsp3) is 0.500. The number of carbonyl (C=O) groups excluding carboxylic acids is 1. The first-order valence-corrected chi connectivity index (χ1v) is 6.95. The second kappa shape index (κ2) is 9.48. The van der Waals surface area contributed by atoms with E-state index in [1.54, 1.807) is 0 Å². The Bertz CT molecular complexity index is 526. The Balaban J connectivity index is 0.00000118. The first-order chi connectivity index (χ1) is 11.0. The number of nitrogens with two attached hydrogens (primary N) is 2. The summed E-state index contributed by atoms with van der Waals surface area (Å²) in [7, 11) is 0. The van der Waals surface area contributed by atoms with Crippen LogP contribution in [-0.4, -0.2) is 25.5 Å². The summed E-state index contributed by atoms with van der Waals surface area (Å²) in [6.07, 6.45) is -9.27. The number of carbonyl (C=O) groups is 1. The van der Waals surface area contributed by atoms with Gasteiger partial charge in [0, 0.05) is 18.7 Å². The number of amides is 1. The van der Waals surface area contributed by atoms with Crippen LogP contribution in [0.3, 0.4) is 0 Å². The summed E-state index contributed by atoms with van der Waals surface area (Å²) >= 11 is 0. The average Bonchev–Trinajstić information content (AvgIpc) is 2.50. The Hall–Kier alpha value is -1.81. The van der Waals surface area contributed by atoms with Crippen molar-refractivity contribution in [3.05, 3.63) is 34.9 Å². The molecule has 0 spiro atoms. The third-order valence-corrected chi connectivity index (χ3v) is 2.61. The molecule has 0 heterocycles. The zero-order valence-corrected chi connectivity index (χ0v) is 12.9. The number of nitrogens with one attached hydrogen (secondary N) is 1. The highest BCUT2D eigenvalue weighted by Crippen LogP contribution is 2.40. The van der Waals surface area contributed by atoms with Gasteiger partial charge in [0.1, 0.15) is 0 Å². The highest BCUT2D eigenvalue weighted by Gasteiger charge is 2.43. The standard InChI is InChI=1S/C11H10F6N2O.C3H9N/c12-10(13,14)7-2-1-6(9(20)19-4-3-18)5-8(7)11(15,16)17;1-2-3-4/h1-2,5H,3-4,18H2,(H,19,20);2-4H2,1H3. The molecule has 0 saturated heterocycles. The summed E-state index contributed by atoms with van der Waals surface area (Å²) in [5.41, 5.74) is 5.87. The molecule has 0 aliphatic carbocycles. The molecule has 0 aromatic heterocycles. The molecule has 138 valence electrons. The van der Waals surface area contributed by atoms with E-state index in [-0.39, 0.29) is 25.2 Å². The Morgan fingerprint density at radius 3 is 1.88 bits per heavy atom. The Morgan fingerprint density at radius 2 is 1.50 bits per heavy atom. The second-order valence-corrected chi connectivity index (χ2v) is 4.59. The lowest BCUT2D eigenvalue weighted by Gasteiger charge is -2.16. The van der Waals surface area contributed by atoms with Crippen LogP contribution >= 0.6 is 0 Å². The third kappa shape index (κ3) is 7.18. The minimum absolute atomic E-state index is 0.00120. The number of hydrogen-bond donors (Lipinski definition) is 3. The van der Waals surface area contributed by atoms with Gasteiger partial charge in [-0.1, -0.05) is 6.92 Å². The molecule has 0 aliphatic heterocycles. The van der Waals surface area contributed by atoms with Crippen LogP contribution in [0, 0.1) is 0 Å². The van der Waals surface area contributed by atoms with Crippen LogP contribution in [0.15, 0.2) is 18.2 Å². The van der Waals surface area contributed by atoms with Gasteiger partial charge in [-0.05, 0) is 31.2 Å². The minimum Gasteiger partial charge on any atom is -0.351 e. The SMILES string of the molecule is CCCN.NCCNC(=O)c1ccc(C(F)(F)F)c(C(F)(F)F)c1. The van der Waals surface area contributed by atoms with Crippen LogP contribution < -0.4 is 16.8 Å². The molecule has 0 radical (unpaired) electrons. The van der Waals surface area contributed by atoms with Crippen molar-refractivity contribution in [3.63, 3.8) is 0 Å². The van der Waals surface area contributed by atoms with Gasteiger partial charge in [0.15, 0.2) is 0 Å². The van der Waals surface area contributed by atoms with Crippen molar-refractivity contribution < 1.29 is 31.1 Å². The van der Waals surface area contributed by atoms with Gasteiger partial charge in [-0.3, -0.25) is 4.79 Å². The first kappa shape index (κ1) is 22.2. The van der Waals surface area contributed by atoms with E-state index in [1.165, 1.54) is 0 Å². The molecule has 1 aromatic carbocycles. The lowest BCUT2D eigenvalue weighted by Crippen LogP contribution is -2.29. The summed E-state index contributed by atoms with van der Waals surface area (Å²) in [6.45, 7) is 2.93. The van der Waals surface area contributed by atoms with Crippen molar-refractivity contribution in [1.29, 1.82) is 0 Å². The molecule has 0 fully saturated rings. The molecule has 24 heavy (non-hydrogen) atoms. The highest BCUT2D eigenvalue weighted by atomic mass is 19.4. The second-order valence-electron chi connectivity index (χ2n) is 4.59. The van der Waals surface area contributed by atoms with Gasteiger partial charge < -0.3 is 16.8 Å². The predicted octanol–water partition coefficient (Wildman–Crippen LogP) is 2.77. The Labute approximate surface area is 135 Å². The van der Waals surface area contributed by atoms with Crippen molar-refractivity contribution in [2.45, 2.75) is 25.7 Å². The maximum absolute atomic E-state index is 12.6. The van der Waals surface area contributed by atoms with E-state index in [1.807, 2.05) is 0 Å². The van der Waals surface area contributed by atoms with E-state index in [0.717, 1.165) is 13.0 Å². The van der Waals surface area contributed by atoms with Gasteiger partial charge in [0.25, 0.3) is 5.91 Å². The number of halogens is 6. The van der Waals surface area contributed by atoms with E-state index in [0.29, 0.717) is 6.07 Å². The molecule has 5 N–H and O–H groups in total. The van der Waals surface area contributed by atoms with Crippen LogP contribution in [-0.2, 0) is 12.4 Å². The normalized spacial score (nSPS) is 11.5. The quantitative estimate of drug-likeness (QED) is 0.723. The molecule has 1 amide bonds. The van der Waals surface area contributed by atoms with E-state index < -0.39 is 35.0 Å². The Morgan fingerprint density at radius 1 is 1.00 bits per heavy atom. The number of rotatable bonds is 4. The van der Waals surface area contributed by atoms with E-state index in [4.69, 9.17) is 11.5 Å². The number of alkyl halides is 6. The van der Waals surface area contributed by atoms with Gasteiger partial charge in [-0.15, -0.1) is 0 Å². The summed E-state index contributed by atoms with van der Waals surface area (Å²) in [5.74, 6) is -0.922. The lowest BCUT2D eigenvalue weighted by atomic mass is 10.0. The van der Waals surface area contributed by atoms with Gasteiger partial charge in [0.05, 0.1) is 11.1 Å². The van der Waals surface area contributed by atoms with Crippen molar-refractivity contribution in [1.82, 2.24) is 5.32 Å². The van der Waals surface area contributed by atoms with Gasteiger partial charge in [-0.25, -0.2) is 0 Å². The zero-order chi connectivity index (χ0) is 19.0. The van der Waals surface area contributed by atoms with Crippen molar-refractivity contribution in [2.24, 2.45) is 11.5 Å². The summed E-state index contributed by atoms with van der Waals surface area (Å²) < 4.78 is 75.4. The van der Waals surface area contributed by atoms with E-state index in [9.17, 15) is 31.1 Å². The fourth-order valence-electron chi connectivity index (χ4n) is 1.45. The zero-order valence-electron chi connectivity index (χ0n) is 12.9. The fourth-order valence-corrected chi connectivity index (χ4v) is 1.45. The topological polar surface area (TPSA) is 81.1 Å². The predicted molar refractivity (Wildman–Crippen MR) is 77.2 cm³/mol. The summed E-state index contributed by atoms with van der Waals surface area (Å²) in [5, 5.41) is 2.17. The molecule has 0 unspecified atom stereocenters. The molecule has 4 nitrogen and oxygen atoms in total. The lowest BCUT2D eigenvalue weighted by molar-refractivity contribution is -0.162. The largest absolute Gasteiger partial charge is 0.417 e. The minimum atomic E-state index is -5.21. The molecular weight excluding hydrogens is 340 g/mol. The molecular formula is C14H19F6N3O. The molecule has 0 atom stereocenters. The Kier molecular flexibility index (Phi) is 8.76. The molecule has 0 aliphatic rings. The maximum atomic E-state index is 12.6. The van der Waals surface area contributed by atoms with Crippen molar-refractivity contribution >= 4 is 5.91 Å². The molecule has 1 aromatic rings.